The van der Waals surface area contributed by atoms with Crippen LogP contribution in [0.1, 0.15) is 17.2 Å². The maximum atomic E-state index is 13.0. The molecule has 0 bridgehead atoms. The van der Waals surface area contributed by atoms with Gasteiger partial charge in [-0.15, -0.1) is 0 Å². The number of carbonyl (C=O) groups is 2. The third-order valence-corrected chi connectivity index (χ3v) is 4.98. The van der Waals surface area contributed by atoms with E-state index in [0.29, 0.717) is 22.6 Å². The van der Waals surface area contributed by atoms with Crippen LogP contribution < -0.4 is 14.4 Å². The Hall–Kier alpha value is -4.20. The number of aromatic nitrogens is 2. The fourth-order valence-electron chi connectivity index (χ4n) is 3.54. The molecule has 2 aromatic carbocycles. The number of Topliss-reactive ketones (excluding diaryl/α,β-unsaturated/α-hetero) is 1. The summed E-state index contributed by atoms with van der Waals surface area (Å²) < 4.78 is 10.7. The highest BCUT2D eigenvalue weighted by molar-refractivity contribution is 6.51. The zero-order chi connectivity index (χ0) is 22.0. The first-order valence-corrected chi connectivity index (χ1v) is 9.42. The molecule has 8 nitrogen and oxygen atoms in total. The molecule has 0 unspecified atom stereocenters. The zero-order valence-corrected chi connectivity index (χ0v) is 16.9. The van der Waals surface area contributed by atoms with E-state index in [1.54, 1.807) is 54.6 Å². The van der Waals surface area contributed by atoms with Gasteiger partial charge in [-0.1, -0.05) is 36.4 Å². The van der Waals surface area contributed by atoms with E-state index < -0.39 is 17.7 Å². The summed E-state index contributed by atoms with van der Waals surface area (Å²) in [5.41, 5.74) is 0.887. The zero-order valence-electron chi connectivity index (χ0n) is 16.9. The molecule has 4 rings (SSSR count). The van der Waals surface area contributed by atoms with Gasteiger partial charge >= 0.3 is 5.91 Å². The molecule has 1 atom stereocenters. The van der Waals surface area contributed by atoms with Crippen molar-refractivity contribution in [3.8, 4) is 11.5 Å². The van der Waals surface area contributed by atoms with Crippen LogP contribution in [0.4, 0.5) is 5.95 Å². The number of methoxy groups -OCH3 is 2. The first-order chi connectivity index (χ1) is 15.1. The van der Waals surface area contributed by atoms with E-state index in [0.717, 1.165) is 0 Å². The number of carbonyl (C=O) groups excluding carboxylic acids is 2. The number of anilines is 1. The van der Waals surface area contributed by atoms with Crippen LogP contribution >= 0.6 is 0 Å². The van der Waals surface area contributed by atoms with E-state index in [1.165, 1.54) is 31.5 Å². The van der Waals surface area contributed by atoms with Gasteiger partial charge in [0.25, 0.3) is 5.78 Å². The van der Waals surface area contributed by atoms with E-state index in [4.69, 9.17) is 9.47 Å². The monoisotopic (exact) mass is 417 g/mol. The number of amides is 1. The molecule has 31 heavy (non-hydrogen) atoms. The highest BCUT2D eigenvalue weighted by atomic mass is 16.5. The molecule has 1 fully saturated rings. The highest BCUT2D eigenvalue weighted by Crippen LogP contribution is 2.43. The van der Waals surface area contributed by atoms with E-state index in [2.05, 4.69) is 9.97 Å². The number of aliphatic hydroxyl groups is 1. The summed E-state index contributed by atoms with van der Waals surface area (Å²) in [5, 5.41) is 11.0. The number of aliphatic hydroxyl groups excluding tert-OH is 1. The fraction of sp³-hybridized carbons (Fsp3) is 0.130. The third kappa shape index (κ3) is 3.48. The number of rotatable bonds is 5. The molecule has 0 spiro atoms. The Morgan fingerprint density at radius 1 is 0.935 bits per heavy atom. The molecule has 3 aromatic rings. The second-order valence-corrected chi connectivity index (χ2v) is 6.70. The highest BCUT2D eigenvalue weighted by Gasteiger charge is 2.48. The molecule has 1 saturated heterocycles. The van der Waals surface area contributed by atoms with Gasteiger partial charge in [-0.25, -0.2) is 9.97 Å². The lowest BCUT2D eigenvalue weighted by Gasteiger charge is -2.24. The fourth-order valence-corrected chi connectivity index (χ4v) is 3.54. The van der Waals surface area contributed by atoms with Crippen LogP contribution in [0.15, 0.2) is 72.6 Å². The summed E-state index contributed by atoms with van der Waals surface area (Å²) in [4.78, 5) is 35.5. The number of ether oxygens (including phenoxy) is 2. The van der Waals surface area contributed by atoms with Crippen molar-refractivity contribution in [2.45, 2.75) is 6.04 Å². The van der Waals surface area contributed by atoms with E-state index in [9.17, 15) is 14.7 Å². The van der Waals surface area contributed by atoms with E-state index in [1.807, 2.05) is 0 Å². The molecule has 156 valence electrons. The van der Waals surface area contributed by atoms with Crippen molar-refractivity contribution < 1.29 is 24.2 Å². The Labute approximate surface area is 178 Å². The lowest BCUT2D eigenvalue weighted by Crippen LogP contribution is -2.31. The van der Waals surface area contributed by atoms with Crippen LogP contribution in [0.5, 0.6) is 11.5 Å². The molecule has 0 aliphatic carbocycles. The first kappa shape index (κ1) is 20.1. The number of nitrogens with zero attached hydrogens (tertiary/aromatic N) is 3. The van der Waals surface area contributed by atoms with Gasteiger partial charge < -0.3 is 14.6 Å². The van der Waals surface area contributed by atoms with Gasteiger partial charge in [-0.3, -0.25) is 14.5 Å². The minimum Gasteiger partial charge on any atom is -0.507 e. The maximum absolute atomic E-state index is 13.0. The lowest BCUT2D eigenvalue weighted by molar-refractivity contribution is -0.132. The van der Waals surface area contributed by atoms with Crippen LogP contribution in [0, 0.1) is 0 Å². The van der Waals surface area contributed by atoms with Crippen molar-refractivity contribution in [3.63, 3.8) is 0 Å². The molecule has 1 aliphatic heterocycles. The van der Waals surface area contributed by atoms with Gasteiger partial charge in [0.15, 0.2) is 11.5 Å². The predicted octanol–water partition coefficient (Wildman–Crippen LogP) is 3.12. The van der Waals surface area contributed by atoms with E-state index in [-0.39, 0.29) is 17.3 Å². The van der Waals surface area contributed by atoms with Crippen molar-refractivity contribution in [2.75, 3.05) is 19.1 Å². The molecule has 0 radical (unpaired) electrons. The van der Waals surface area contributed by atoms with Gasteiger partial charge in [0.1, 0.15) is 5.76 Å². The van der Waals surface area contributed by atoms with Gasteiger partial charge in [0.2, 0.25) is 5.95 Å². The summed E-state index contributed by atoms with van der Waals surface area (Å²) in [6, 6.07) is 14.3. The molecule has 1 amide bonds. The smallest absolute Gasteiger partial charge is 0.302 e. The second kappa shape index (κ2) is 8.27. The first-order valence-electron chi connectivity index (χ1n) is 9.42. The lowest BCUT2D eigenvalue weighted by atomic mass is 9.95. The average Bonchev–Trinajstić information content (AvgIpc) is 3.09. The standard InChI is InChI=1S/C23H19N3O5/c1-30-16-10-9-15(13-17(16)31-2)19-18(20(27)14-7-4-3-5-8-14)21(28)22(29)26(19)23-24-11-6-12-25-23/h3-13,19,27H,1-2H3/t19-/m0/s1. The van der Waals surface area contributed by atoms with Crippen LogP contribution in [-0.2, 0) is 9.59 Å². The summed E-state index contributed by atoms with van der Waals surface area (Å²) in [6.07, 6.45) is 2.95. The maximum Gasteiger partial charge on any atom is 0.302 e. The van der Waals surface area contributed by atoms with Crippen molar-refractivity contribution in [3.05, 3.63) is 83.7 Å². The number of ketones is 1. The van der Waals surface area contributed by atoms with Gasteiger partial charge in [0.05, 0.1) is 25.8 Å². The molecule has 1 aliphatic rings. The molecule has 8 heteroatoms. The van der Waals surface area contributed by atoms with Crippen molar-refractivity contribution in [2.24, 2.45) is 0 Å². The average molecular weight is 417 g/mol. The molecule has 2 heterocycles. The summed E-state index contributed by atoms with van der Waals surface area (Å²) in [5.74, 6) is -0.979. The van der Waals surface area contributed by atoms with E-state index >= 15 is 0 Å². The third-order valence-electron chi connectivity index (χ3n) is 4.98. The molecule has 1 aromatic heterocycles. The van der Waals surface area contributed by atoms with Crippen molar-refractivity contribution in [1.29, 1.82) is 0 Å². The van der Waals surface area contributed by atoms with Crippen molar-refractivity contribution >= 4 is 23.4 Å². The minimum atomic E-state index is -0.956. The van der Waals surface area contributed by atoms with Crippen molar-refractivity contribution in [1.82, 2.24) is 9.97 Å². The van der Waals surface area contributed by atoms with Gasteiger partial charge in [0, 0.05) is 18.0 Å². The SMILES string of the molecule is COc1ccc([C@H]2C(=C(O)c3ccccc3)C(=O)C(=O)N2c2ncccn2)cc1OC. The van der Waals surface area contributed by atoms with Gasteiger partial charge in [-0.05, 0) is 23.8 Å². The Bertz CT molecular complexity index is 1160. The topological polar surface area (TPSA) is 102 Å². The Morgan fingerprint density at radius 3 is 2.26 bits per heavy atom. The molecule has 1 N–H and O–H groups in total. The summed E-state index contributed by atoms with van der Waals surface area (Å²) in [6.45, 7) is 0. The number of benzene rings is 2. The summed E-state index contributed by atoms with van der Waals surface area (Å²) >= 11 is 0. The Morgan fingerprint density at radius 2 is 1.61 bits per heavy atom. The van der Waals surface area contributed by atoms with Crippen LogP contribution in [0.3, 0.4) is 0 Å². The predicted molar refractivity (Wildman–Crippen MR) is 113 cm³/mol. The Balaban J connectivity index is 1.96. The van der Waals surface area contributed by atoms with Crippen LogP contribution in [-0.4, -0.2) is 41.0 Å². The minimum absolute atomic E-state index is 0.0523. The summed E-state index contributed by atoms with van der Waals surface area (Å²) in [7, 11) is 3.00. The van der Waals surface area contributed by atoms with Gasteiger partial charge in [-0.2, -0.15) is 0 Å². The second-order valence-electron chi connectivity index (χ2n) is 6.70. The molecule has 0 saturated carbocycles. The Kier molecular flexibility index (Phi) is 5.36. The molecular formula is C23H19N3O5. The normalized spacial score (nSPS) is 17.6. The quantitative estimate of drug-likeness (QED) is 0.387. The van der Waals surface area contributed by atoms with Crippen LogP contribution in [0.25, 0.3) is 5.76 Å². The number of hydrogen-bond donors (Lipinski definition) is 1. The molecular weight excluding hydrogens is 398 g/mol. The van der Waals surface area contributed by atoms with Crippen LogP contribution in [0.2, 0.25) is 0 Å². The number of hydrogen-bond acceptors (Lipinski definition) is 7. The largest absolute Gasteiger partial charge is 0.507 e.